The minimum atomic E-state index is 0.526. The molecule has 0 aliphatic carbocycles. The average Bonchev–Trinajstić information content (AvgIpc) is 3.14. The van der Waals surface area contributed by atoms with Gasteiger partial charge in [0.1, 0.15) is 5.82 Å². The van der Waals surface area contributed by atoms with Gasteiger partial charge in [-0.1, -0.05) is 41.9 Å². The maximum absolute atomic E-state index is 6.36. The molecule has 0 saturated carbocycles. The summed E-state index contributed by atoms with van der Waals surface area (Å²) in [6, 6.07) is 16.5. The van der Waals surface area contributed by atoms with E-state index in [1.165, 1.54) is 11.1 Å². The third kappa shape index (κ3) is 2.75. The first-order chi connectivity index (χ1) is 11.2. The number of benzene rings is 2. The lowest BCUT2D eigenvalue weighted by atomic mass is 9.98. The van der Waals surface area contributed by atoms with Gasteiger partial charge < -0.3 is 4.57 Å². The lowest BCUT2D eigenvalue weighted by Crippen LogP contribution is -2.21. The molecule has 1 fully saturated rings. The highest BCUT2D eigenvalue weighted by Gasteiger charge is 2.26. The fraction of sp³-hybridized carbons (Fsp3) is 0.316. The molecule has 4 heteroatoms. The molecule has 0 amide bonds. The van der Waals surface area contributed by atoms with Crippen molar-refractivity contribution in [2.75, 3.05) is 13.1 Å². The molecule has 1 aromatic heterocycles. The van der Waals surface area contributed by atoms with E-state index in [9.17, 15) is 0 Å². The van der Waals surface area contributed by atoms with Crippen molar-refractivity contribution in [1.82, 2.24) is 14.5 Å². The second kappa shape index (κ2) is 5.99. The zero-order valence-electron chi connectivity index (χ0n) is 13.2. The molecule has 1 aliphatic heterocycles. The monoisotopic (exact) mass is 325 g/mol. The Kier molecular flexibility index (Phi) is 3.83. The van der Waals surface area contributed by atoms with Gasteiger partial charge >= 0.3 is 0 Å². The van der Waals surface area contributed by atoms with E-state index in [2.05, 4.69) is 46.8 Å². The number of para-hydroxylation sites is 2. The summed E-state index contributed by atoms with van der Waals surface area (Å²) in [5, 5.41) is 0.891. The normalized spacial score (nSPS) is 18.8. The van der Waals surface area contributed by atoms with Crippen LogP contribution in [0.2, 0.25) is 5.02 Å². The Labute approximate surface area is 141 Å². The molecular formula is C19H20ClN3. The molecule has 0 bridgehead atoms. The van der Waals surface area contributed by atoms with E-state index >= 15 is 0 Å². The quantitative estimate of drug-likeness (QED) is 0.719. The molecule has 3 aromatic rings. The van der Waals surface area contributed by atoms with Crippen LogP contribution >= 0.6 is 11.6 Å². The maximum atomic E-state index is 6.36. The van der Waals surface area contributed by atoms with Crippen molar-refractivity contribution in [3.8, 4) is 0 Å². The Hall–Kier alpha value is -1.84. The van der Waals surface area contributed by atoms with Crippen LogP contribution in [-0.2, 0) is 13.6 Å². The molecular weight excluding hydrogens is 306 g/mol. The zero-order valence-corrected chi connectivity index (χ0v) is 14.0. The van der Waals surface area contributed by atoms with E-state index in [0.29, 0.717) is 5.92 Å². The summed E-state index contributed by atoms with van der Waals surface area (Å²) in [5.74, 6) is 1.66. The van der Waals surface area contributed by atoms with Gasteiger partial charge in [-0.2, -0.15) is 0 Å². The number of nitrogens with zero attached hydrogens (tertiary/aromatic N) is 3. The number of likely N-dealkylation sites (tertiary alicyclic amines) is 1. The number of hydrogen-bond donors (Lipinski definition) is 0. The number of fused-ring (bicyclic) bond motifs is 1. The second-order valence-electron chi connectivity index (χ2n) is 6.32. The van der Waals surface area contributed by atoms with Crippen LogP contribution in [0.5, 0.6) is 0 Å². The van der Waals surface area contributed by atoms with Gasteiger partial charge in [0.05, 0.1) is 17.6 Å². The topological polar surface area (TPSA) is 21.1 Å². The summed E-state index contributed by atoms with van der Waals surface area (Å²) >= 11 is 6.36. The van der Waals surface area contributed by atoms with Crippen molar-refractivity contribution in [3.05, 3.63) is 64.9 Å². The fourth-order valence-corrected chi connectivity index (χ4v) is 3.86. The van der Waals surface area contributed by atoms with E-state index in [4.69, 9.17) is 16.6 Å². The summed E-state index contributed by atoms with van der Waals surface area (Å²) in [6.45, 7) is 3.04. The van der Waals surface area contributed by atoms with E-state index < -0.39 is 0 Å². The predicted octanol–water partition coefficient (Wildman–Crippen LogP) is 4.22. The maximum Gasteiger partial charge on any atom is 0.123 e. The van der Waals surface area contributed by atoms with Gasteiger partial charge in [0, 0.05) is 18.6 Å². The molecule has 4 rings (SSSR count). The van der Waals surface area contributed by atoms with E-state index in [0.717, 1.165) is 42.4 Å². The van der Waals surface area contributed by atoms with Crippen molar-refractivity contribution in [1.29, 1.82) is 0 Å². The Morgan fingerprint density at radius 1 is 1.13 bits per heavy atom. The highest BCUT2D eigenvalue weighted by Crippen LogP contribution is 2.32. The van der Waals surface area contributed by atoms with Gasteiger partial charge in [-0.05, 0) is 42.6 Å². The molecule has 0 N–H and O–H groups in total. The lowest BCUT2D eigenvalue weighted by molar-refractivity contribution is 0.315. The molecule has 118 valence electrons. The summed E-state index contributed by atoms with van der Waals surface area (Å²) in [6.07, 6.45) is 1.16. The minimum Gasteiger partial charge on any atom is -0.330 e. The first kappa shape index (κ1) is 14.7. The van der Waals surface area contributed by atoms with Crippen molar-refractivity contribution >= 4 is 22.6 Å². The Morgan fingerprint density at radius 3 is 2.74 bits per heavy atom. The lowest BCUT2D eigenvalue weighted by Gasteiger charge is -2.16. The smallest absolute Gasteiger partial charge is 0.123 e. The molecule has 1 unspecified atom stereocenters. The number of rotatable bonds is 3. The molecule has 2 aromatic carbocycles. The number of imidazole rings is 1. The van der Waals surface area contributed by atoms with Crippen molar-refractivity contribution in [2.24, 2.45) is 7.05 Å². The van der Waals surface area contributed by atoms with Crippen molar-refractivity contribution < 1.29 is 0 Å². The highest BCUT2D eigenvalue weighted by atomic mass is 35.5. The molecule has 3 nitrogen and oxygen atoms in total. The molecule has 23 heavy (non-hydrogen) atoms. The van der Waals surface area contributed by atoms with Gasteiger partial charge in [0.2, 0.25) is 0 Å². The van der Waals surface area contributed by atoms with Gasteiger partial charge in [-0.3, -0.25) is 4.90 Å². The van der Waals surface area contributed by atoms with Crippen LogP contribution in [0, 0.1) is 0 Å². The first-order valence-electron chi connectivity index (χ1n) is 8.09. The van der Waals surface area contributed by atoms with Crippen LogP contribution in [0.1, 0.15) is 23.7 Å². The third-order valence-corrected chi connectivity index (χ3v) is 5.21. The van der Waals surface area contributed by atoms with E-state index in [1.54, 1.807) is 0 Å². The molecule has 0 spiro atoms. The SMILES string of the molecule is Cn1c(CN2CCC(c3ccccc3Cl)C2)nc2ccccc21. The summed E-state index contributed by atoms with van der Waals surface area (Å²) in [7, 11) is 2.10. The first-order valence-corrected chi connectivity index (χ1v) is 8.47. The van der Waals surface area contributed by atoms with E-state index in [-0.39, 0.29) is 0 Å². The Morgan fingerprint density at radius 2 is 1.91 bits per heavy atom. The number of hydrogen-bond acceptors (Lipinski definition) is 2. The molecule has 1 saturated heterocycles. The minimum absolute atomic E-state index is 0.526. The van der Waals surface area contributed by atoms with Crippen LogP contribution < -0.4 is 0 Å². The molecule has 1 atom stereocenters. The zero-order chi connectivity index (χ0) is 15.8. The van der Waals surface area contributed by atoms with Crippen LogP contribution in [0.3, 0.4) is 0 Å². The predicted molar refractivity (Wildman–Crippen MR) is 94.8 cm³/mol. The second-order valence-corrected chi connectivity index (χ2v) is 6.73. The van der Waals surface area contributed by atoms with Gasteiger partial charge in [0.25, 0.3) is 0 Å². The highest BCUT2D eigenvalue weighted by molar-refractivity contribution is 6.31. The average molecular weight is 326 g/mol. The number of halogens is 1. The van der Waals surface area contributed by atoms with Gasteiger partial charge in [-0.25, -0.2) is 4.98 Å². The van der Waals surface area contributed by atoms with Crippen molar-refractivity contribution in [2.45, 2.75) is 18.9 Å². The molecule has 1 aliphatic rings. The standard InChI is InChI=1S/C19H20ClN3/c1-22-18-9-5-4-8-17(18)21-19(22)13-23-11-10-14(12-23)15-6-2-3-7-16(15)20/h2-9,14H,10-13H2,1H3. The fourth-order valence-electron chi connectivity index (χ4n) is 3.57. The van der Waals surface area contributed by atoms with Crippen LogP contribution in [-0.4, -0.2) is 27.5 Å². The summed E-state index contributed by atoms with van der Waals surface area (Å²) in [4.78, 5) is 7.27. The molecule has 0 radical (unpaired) electrons. The molecule has 2 heterocycles. The number of aromatic nitrogens is 2. The van der Waals surface area contributed by atoms with Crippen LogP contribution in [0.25, 0.3) is 11.0 Å². The summed E-state index contributed by atoms with van der Waals surface area (Å²) < 4.78 is 2.21. The Bertz CT molecular complexity index is 840. The van der Waals surface area contributed by atoms with E-state index in [1.807, 2.05) is 18.2 Å². The van der Waals surface area contributed by atoms with Crippen LogP contribution in [0.15, 0.2) is 48.5 Å². The summed E-state index contributed by atoms with van der Waals surface area (Å²) in [5.41, 5.74) is 3.55. The largest absolute Gasteiger partial charge is 0.330 e. The Balaban J connectivity index is 1.52. The third-order valence-electron chi connectivity index (χ3n) is 4.86. The van der Waals surface area contributed by atoms with Crippen molar-refractivity contribution in [3.63, 3.8) is 0 Å². The van der Waals surface area contributed by atoms with Gasteiger partial charge in [0.15, 0.2) is 0 Å². The van der Waals surface area contributed by atoms with Gasteiger partial charge in [-0.15, -0.1) is 0 Å². The number of aryl methyl sites for hydroxylation is 1. The van der Waals surface area contributed by atoms with Crippen LogP contribution in [0.4, 0.5) is 0 Å².